The largest absolute Gasteiger partial charge is 0.361 e. The van der Waals surface area contributed by atoms with Crippen LogP contribution in [0, 0.1) is 0 Å². The number of para-hydroxylation sites is 2. The van der Waals surface area contributed by atoms with Crippen LogP contribution in [0.3, 0.4) is 0 Å². The maximum atomic E-state index is 4.07. The molecule has 2 heterocycles. The van der Waals surface area contributed by atoms with E-state index in [1.54, 1.807) is 6.33 Å². The van der Waals surface area contributed by atoms with Gasteiger partial charge in [0.15, 0.2) is 0 Å². The third-order valence-electron chi connectivity index (χ3n) is 2.88. The summed E-state index contributed by atoms with van der Waals surface area (Å²) in [5, 5.41) is 2.36. The van der Waals surface area contributed by atoms with E-state index in [1.165, 1.54) is 10.9 Å². The predicted molar refractivity (Wildman–Crippen MR) is 77.8 cm³/mol. The Labute approximate surface area is 111 Å². The van der Waals surface area contributed by atoms with Gasteiger partial charge >= 0.3 is 0 Å². The summed E-state index contributed by atoms with van der Waals surface area (Å²) in [6.45, 7) is 0. The lowest BCUT2D eigenvalue weighted by atomic mass is 10.2. The van der Waals surface area contributed by atoms with E-state index in [0.717, 1.165) is 10.9 Å². The van der Waals surface area contributed by atoms with Gasteiger partial charge in [-0.15, -0.1) is 0 Å². The van der Waals surface area contributed by atoms with Crippen LogP contribution < -0.4 is 0 Å². The number of fused-ring (bicyclic) bond motifs is 2. The van der Waals surface area contributed by atoms with Crippen LogP contribution in [0.4, 0.5) is 0 Å². The van der Waals surface area contributed by atoms with Crippen LogP contribution in [-0.4, -0.2) is 15.0 Å². The molecule has 0 aliphatic rings. The maximum absolute atomic E-state index is 4.07. The second-order valence-corrected chi connectivity index (χ2v) is 4.15. The van der Waals surface area contributed by atoms with Crippen LogP contribution in [-0.2, 0) is 0 Å². The molecule has 0 saturated carbocycles. The summed E-state index contributed by atoms with van der Waals surface area (Å²) in [6.07, 6.45) is 5.31. The van der Waals surface area contributed by atoms with Gasteiger partial charge in [-0.1, -0.05) is 36.4 Å². The van der Waals surface area contributed by atoms with Gasteiger partial charge in [0.2, 0.25) is 0 Å². The molecule has 0 atom stereocenters. The Morgan fingerprint density at radius 1 is 0.789 bits per heavy atom. The van der Waals surface area contributed by atoms with Crippen LogP contribution >= 0.6 is 0 Å². The first-order chi connectivity index (χ1) is 9.43. The molecule has 0 fully saturated rings. The van der Waals surface area contributed by atoms with Gasteiger partial charge in [0.05, 0.1) is 5.52 Å². The Bertz CT molecular complexity index is 694. The summed E-state index contributed by atoms with van der Waals surface area (Å²) in [5.41, 5.74) is 2.20. The Hall–Kier alpha value is -2.68. The van der Waals surface area contributed by atoms with Gasteiger partial charge < -0.3 is 4.98 Å². The number of aromatic amines is 1. The lowest BCUT2D eigenvalue weighted by Gasteiger charge is -1.90. The molecule has 92 valence electrons. The summed E-state index contributed by atoms with van der Waals surface area (Å²) in [5.74, 6) is 0. The molecule has 0 spiro atoms. The molecule has 0 unspecified atom stereocenters. The lowest BCUT2D eigenvalue weighted by molar-refractivity contribution is 1.22. The quantitative estimate of drug-likeness (QED) is 0.513. The molecular weight excluding hydrogens is 234 g/mol. The normalized spacial score (nSPS) is 10.1. The monoisotopic (exact) mass is 247 g/mol. The molecule has 0 bridgehead atoms. The highest BCUT2D eigenvalue weighted by molar-refractivity contribution is 5.78. The van der Waals surface area contributed by atoms with Gasteiger partial charge in [-0.25, -0.2) is 9.97 Å². The molecule has 0 aliphatic heterocycles. The first-order valence-electron chi connectivity index (χ1n) is 6.10. The van der Waals surface area contributed by atoms with Crippen molar-refractivity contribution in [2.45, 2.75) is 0 Å². The number of hydrogen-bond donors (Lipinski definition) is 1. The van der Waals surface area contributed by atoms with E-state index in [2.05, 4.69) is 33.2 Å². The second kappa shape index (κ2) is 5.31. The second-order valence-electron chi connectivity index (χ2n) is 4.15. The van der Waals surface area contributed by atoms with Crippen molar-refractivity contribution in [3.63, 3.8) is 0 Å². The molecular formula is C16H13N3. The third-order valence-corrected chi connectivity index (χ3v) is 2.88. The minimum absolute atomic E-state index is 0.998. The summed E-state index contributed by atoms with van der Waals surface area (Å²) in [6, 6.07) is 18.2. The highest BCUT2D eigenvalue weighted by Gasteiger charge is 1.88. The number of nitrogens with one attached hydrogen (secondary N) is 1. The highest BCUT2D eigenvalue weighted by atomic mass is 14.8. The SMILES string of the molecule is c1ccc2[nH]ccc2c1.c1ccc2ncncc2c1. The van der Waals surface area contributed by atoms with Gasteiger partial charge in [-0.2, -0.15) is 0 Å². The van der Waals surface area contributed by atoms with Crippen LogP contribution in [0.2, 0.25) is 0 Å². The van der Waals surface area contributed by atoms with Gasteiger partial charge in [-0.05, 0) is 23.6 Å². The lowest BCUT2D eigenvalue weighted by Crippen LogP contribution is -1.77. The molecule has 4 rings (SSSR count). The van der Waals surface area contributed by atoms with Crippen LogP contribution in [0.15, 0.2) is 73.3 Å². The first-order valence-corrected chi connectivity index (χ1v) is 6.10. The Morgan fingerprint density at radius 3 is 2.42 bits per heavy atom. The molecule has 4 aromatic rings. The van der Waals surface area contributed by atoms with Gasteiger partial charge in [0.25, 0.3) is 0 Å². The maximum Gasteiger partial charge on any atom is 0.116 e. The van der Waals surface area contributed by atoms with Crippen LogP contribution in [0.5, 0.6) is 0 Å². The molecule has 0 amide bonds. The van der Waals surface area contributed by atoms with Crippen LogP contribution in [0.1, 0.15) is 0 Å². The molecule has 0 saturated heterocycles. The van der Waals surface area contributed by atoms with Crippen molar-refractivity contribution in [2.75, 3.05) is 0 Å². The van der Waals surface area contributed by atoms with E-state index in [4.69, 9.17) is 0 Å². The highest BCUT2D eigenvalue weighted by Crippen LogP contribution is 2.09. The fraction of sp³-hybridized carbons (Fsp3) is 0. The average molecular weight is 247 g/mol. The number of hydrogen-bond acceptors (Lipinski definition) is 2. The van der Waals surface area contributed by atoms with E-state index in [9.17, 15) is 0 Å². The molecule has 3 heteroatoms. The molecule has 0 aliphatic carbocycles. The molecule has 1 N–H and O–H groups in total. The zero-order valence-electron chi connectivity index (χ0n) is 10.3. The molecule has 0 radical (unpaired) electrons. The third kappa shape index (κ3) is 2.60. The number of rotatable bonds is 0. The van der Waals surface area contributed by atoms with Crippen molar-refractivity contribution < 1.29 is 0 Å². The summed E-state index contributed by atoms with van der Waals surface area (Å²) in [4.78, 5) is 11.1. The van der Waals surface area contributed by atoms with E-state index < -0.39 is 0 Å². The van der Waals surface area contributed by atoms with Crippen molar-refractivity contribution in [1.82, 2.24) is 15.0 Å². The minimum Gasteiger partial charge on any atom is -0.361 e. The smallest absolute Gasteiger partial charge is 0.116 e. The van der Waals surface area contributed by atoms with E-state index >= 15 is 0 Å². The Morgan fingerprint density at radius 2 is 1.58 bits per heavy atom. The van der Waals surface area contributed by atoms with Gasteiger partial charge in [0, 0.05) is 23.3 Å². The van der Waals surface area contributed by atoms with Crippen molar-refractivity contribution in [3.8, 4) is 0 Å². The predicted octanol–water partition coefficient (Wildman–Crippen LogP) is 3.80. The molecule has 2 aromatic heterocycles. The van der Waals surface area contributed by atoms with Crippen molar-refractivity contribution in [1.29, 1.82) is 0 Å². The van der Waals surface area contributed by atoms with E-state index in [1.807, 2.05) is 48.8 Å². The minimum atomic E-state index is 0.998. The molecule has 19 heavy (non-hydrogen) atoms. The number of nitrogens with zero attached hydrogens (tertiary/aromatic N) is 2. The Balaban J connectivity index is 0.000000117. The van der Waals surface area contributed by atoms with Crippen LogP contribution in [0.25, 0.3) is 21.8 Å². The van der Waals surface area contributed by atoms with Crippen molar-refractivity contribution in [2.24, 2.45) is 0 Å². The summed E-state index contributed by atoms with van der Waals surface area (Å²) >= 11 is 0. The number of benzene rings is 2. The molecule has 2 aromatic carbocycles. The summed E-state index contributed by atoms with van der Waals surface area (Å²) < 4.78 is 0. The summed E-state index contributed by atoms with van der Waals surface area (Å²) in [7, 11) is 0. The van der Waals surface area contributed by atoms with Gasteiger partial charge in [0.1, 0.15) is 6.33 Å². The van der Waals surface area contributed by atoms with E-state index in [-0.39, 0.29) is 0 Å². The van der Waals surface area contributed by atoms with Crippen molar-refractivity contribution in [3.05, 3.63) is 73.3 Å². The fourth-order valence-electron chi connectivity index (χ4n) is 1.92. The topological polar surface area (TPSA) is 41.6 Å². The first kappa shape index (κ1) is 11.4. The van der Waals surface area contributed by atoms with Gasteiger partial charge in [-0.3, -0.25) is 0 Å². The zero-order valence-corrected chi connectivity index (χ0v) is 10.3. The average Bonchev–Trinajstić information content (AvgIpc) is 2.96. The zero-order chi connectivity index (χ0) is 12.9. The standard InChI is InChI=1S/C8H6N2.C8H7N/c1-2-4-8-7(3-1)5-9-6-10-8;1-2-4-8-7(3-1)5-6-9-8/h1-6H;1-6,9H. The number of aromatic nitrogens is 3. The fourth-order valence-corrected chi connectivity index (χ4v) is 1.92. The van der Waals surface area contributed by atoms with E-state index in [0.29, 0.717) is 0 Å². The van der Waals surface area contributed by atoms with Crippen molar-refractivity contribution >= 4 is 21.8 Å². The molecule has 3 nitrogen and oxygen atoms in total. The number of H-pyrrole nitrogens is 1. The Kier molecular flexibility index (Phi) is 3.19.